The molecule has 3 aromatic heterocycles. The van der Waals surface area contributed by atoms with Crippen molar-refractivity contribution in [3.8, 4) is 0 Å². The van der Waals surface area contributed by atoms with Crippen molar-refractivity contribution < 1.29 is 14.3 Å². The van der Waals surface area contributed by atoms with Crippen molar-refractivity contribution in [1.82, 2.24) is 24.6 Å². The SMILES string of the molecule is C[Si](C)(C)CCOCn1cc2c(N)ncc(NC(=O)C(=O)N(Cc3ccccc3)Cc3cccnc3)c2n1. The maximum absolute atomic E-state index is 13.3. The Morgan fingerprint density at radius 1 is 1.05 bits per heavy atom. The number of amides is 2. The fourth-order valence-electron chi connectivity index (χ4n) is 3.80. The molecule has 11 heteroatoms. The van der Waals surface area contributed by atoms with Gasteiger partial charge >= 0.3 is 11.8 Å². The van der Waals surface area contributed by atoms with E-state index in [1.54, 1.807) is 29.3 Å². The molecule has 0 unspecified atom stereocenters. The zero-order valence-corrected chi connectivity index (χ0v) is 22.9. The van der Waals surface area contributed by atoms with Crippen LogP contribution in [-0.2, 0) is 34.1 Å². The maximum atomic E-state index is 13.3. The van der Waals surface area contributed by atoms with Gasteiger partial charge in [-0.25, -0.2) is 9.67 Å². The standard InChI is InChI=1S/C27H33N7O3Si/c1-38(2,3)13-12-37-19-34-18-22-24(32-34)23(15-30-25(22)28)31-26(35)27(36)33(16-20-8-5-4-6-9-20)17-21-10-7-11-29-14-21/h4-11,14-15,18H,12-13,16-17,19H2,1-3H3,(H2,28,30)(H,31,35). The largest absolute Gasteiger partial charge is 0.383 e. The lowest BCUT2D eigenvalue weighted by Crippen LogP contribution is -2.39. The number of nitrogens with one attached hydrogen (secondary N) is 1. The second-order valence-electron chi connectivity index (χ2n) is 10.3. The Bertz CT molecular complexity index is 1350. The zero-order valence-electron chi connectivity index (χ0n) is 21.9. The summed E-state index contributed by atoms with van der Waals surface area (Å²) in [6.07, 6.45) is 6.48. The summed E-state index contributed by atoms with van der Waals surface area (Å²) < 4.78 is 7.41. The molecular weight excluding hydrogens is 498 g/mol. The van der Waals surface area contributed by atoms with Crippen molar-refractivity contribution in [2.45, 2.75) is 45.5 Å². The highest BCUT2D eigenvalue weighted by Gasteiger charge is 2.24. The van der Waals surface area contributed by atoms with Crippen molar-refractivity contribution in [2.75, 3.05) is 17.7 Å². The van der Waals surface area contributed by atoms with Gasteiger partial charge in [0.05, 0.1) is 17.3 Å². The third kappa shape index (κ3) is 7.23. The quantitative estimate of drug-likeness (QED) is 0.180. The Kier molecular flexibility index (Phi) is 8.49. The minimum Gasteiger partial charge on any atom is -0.383 e. The van der Waals surface area contributed by atoms with Gasteiger partial charge in [-0.15, -0.1) is 0 Å². The van der Waals surface area contributed by atoms with Crippen LogP contribution in [0, 0.1) is 0 Å². The lowest BCUT2D eigenvalue weighted by molar-refractivity contribution is -0.144. The van der Waals surface area contributed by atoms with E-state index in [9.17, 15) is 9.59 Å². The number of hydrogen-bond donors (Lipinski definition) is 2. The number of aromatic nitrogens is 4. The molecule has 3 N–H and O–H groups in total. The van der Waals surface area contributed by atoms with E-state index in [1.807, 2.05) is 36.4 Å². The first-order valence-corrected chi connectivity index (χ1v) is 16.1. The fraction of sp³-hybridized carbons (Fsp3) is 0.296. The molecule has 0 saturated heterocycles. The van der Waals surface area contributed by atoms with Crippen LogP contribution in [0.15, 0.2) is 67.3 Å². The molecule has 0 spiro atoms. The smallest absolute Gasteiger partial charge is 0.314 e. The second-order valence-corrected chi connectivity index (χ2v) is 15.9. The van der Waals surface area contributed by atoms with Crippen LogP contribution in [0.2, 0.25) is 25.7 Å². The molecule has 0 radical (unpaired) electrons. The number of carbonyl (C=O) groups is 2. The van der Waals surface area contributed by atoms with Crippen LogP contribution in [-0.4, -0.2) is 51.1 Å². The van der Waals surface area contributed by atoms with Gasteiger partial charge in [-0.3, -0.25) is 14.6 Å². The van der Waals surface area contributed by atoms with Crippen molar-refractivity contribution in [3.63, 3.8) is 0 Å². The molecule has 0 bridgehead atoms. The minimum absolute atomic E-state index is 0.230. The number of benzene rings is 1. The highest BCUT2D eigenvalue weighted by atomic mass is 28.3. The van der Waals surface area contributed by atoms with Gasteiger partial charge in [-0.2, -0.15) is 5.10 Å². The molecule has 0 aliphatic rings. The van der Waals surface area contributed by atoms with E-state index in [4.69, 9.17) is 10.5 Å². The highest BCUT2D eigenvalue weighted by molar-refractivity contribution is 6.76. The monoisotopic (exact) mass is 531 g/mol. The fourth-order valence-corrected chi connectivity index (χ4v) is 4.56. The topological polar surface area (TPSA) is 128 Å². The van der Waals surface area contributed by atoms with Crippen LogP contribution in [0.3, 0.4) is 0 Å². The Hall–Kier alpha value is -4.09. The van der Waals surface area contributed by atoms with Crippen LogP contribution in [0.25, 0.3) is 10.9 Å². The van der Waals surface area contributed by atoms with E-state index >= 15 is 0 Å². The van der Waals surface area contributed by atoms with Crippen molar-refractivity contribution in [2.24, 2.45) is 0 Å². The zero-order chi connectivity index (χ0) is 27.1. The lowest BCUT2D eigenvalue weighted by atomic mass is 10.2. The Morgan fingerprint density at radius 2 is 1.79 bits per heavy atom. The van der Waals surface area contributed by atoms with E-state index < -0.39 is 19.9 Å². The number of ether oxygens (including phenoxy) is 1. The van der Waals surface area contributed by atoms with Gasteiger partial charge in [-0.1, -0.05) is 56.0 Å². The van der Waals surface area contributed by atoms with Gasteiger partial charge in [0.15, 0.2) is 0 Å². The summed E-state index contributed by atoms with van der Waals surface area (Å²) in [5.41, 5.74) is 8.53. The van der Waals surface area contributed by atoms with Crippen LogP contribution >= 0.6 is 0 Å². The molecular formula is C27H33N7O3Si. The van der Waals surface area contributed by atoms with E-state index in [0.29, 0.717) is 23.2 Å². The summed E-state index contributed by atoms with van der Waals surface area (Å²) in [6, 6.07) is 14.2. The molecule has 0 saturated carbocycles. The maximum Gasteiger partial charge on any atom is 0.314 e. The van der Waals surface area contributed by atoms with Gasteiger partial charge in [0.1, 0.15) is 18.1 Å². The second kappa shape index (κ2) is 12.0. The molecule has 0 aliphatic heterocycles. The van der Waals surface area contributed by atoms with E-state index in [-0.39, 0.29) is 25.6 Å². The van der Waals surface area contributed by atoms with Crippen molar-refractivity contribution in [1.29, 1.82) is 0 Å². The summed E-state index contributed by atoms with van der Waals surface area (Å²) in [7, 11) is -1.21. The molecule has 0 fully saturated rings. The van der Waals surface area contributed by atoms with Crippen LogP contribution < -0.4 is 11.1 Å². The van der Waals surface area contributed by atoms with Crippen molar-refractivity contribution >= 4 is 42.3 Å². The summed E-state index contributed by atoms with van der Waals surface area (Å²) >= 11 is 0. The van der Waals surface area contributed by atoms with E-state index in [0.717, 1.165) is 17.2 Å². The van der Waals surface area contributed by atoms with E-state index in [1.165, 1.54) is 11.1 Å². The number of carbonyl (C=O) groups excluding carboxylic acids is 2. The van der Waals surface area contributed by atoms with Crippen LogP contribution in [0.1, 0.15) is 11.1 Å². The highest BCUT2D eigenvalue weighted by Crippen LogP contribution is 2.25. The van der Waals surface area contributed by atoms with Gasteiger partial charge in [0.2, 0.25) is 0 Å². The molecule has 1 aromatic carbocycles. The number of pyridine rings is 2. The van der Waals surface area contributed by atoms with Gasteiger partial charge in [0, 0.05) is 46.4 Å². The van der Waals surface area contributed by atoms with Crippen LogP contribution in [0.4, 0.5) is 11.5 Å². The Balaban J connectivity index is 1.50. The molecule has 2 amide bonds. The first-order valence-electron chi connectivity index (χ1n) is 12.4. The first-order chi connectivity index (χ1) is 18.2. The van der Waals surface area contributed by atoms with Gasteiger partial charge < -0.3 is 20.7 Å². The third-order valence-electron chi connectivity index (χ3n) is 5.89. The average Bonchev–Trinajstić information content (AvgIpc) is 3.33. The number of nitrogen functional groups attached to an aromatic ring is 1. The van der Waals surface area contributed by atoms with Crippen LogP contribution in [0.5, 0.6) is 0 Å². The third-order valence-corrected chi connectivity index (χ3v) is 7.59. The molecule has 0 aliphatic carbocycles. The normalized spacial score (nSPS) is 11.4. The molecule has 4 aromatic rings. The van der Waals surface area contributed by atoms with Gasteiger partial charge in [-0.05, 0) is 23.2 Å². The van der Waals surface area contributed by atoms with E-state index in [2.05, 4.69) is 40.0 Å². The number of hydrogen-bond acceptors (Lipinski definition) is 7. The Morgan fingerprint density at radius 3 is 2.50 bits per heavy atom. The molecule has 4 rings (SSSR count). The number of nitrogens with two attached hydrogens (primary N) is 1. The first kappa shape index (κ1) is 27.0. The Labute approximate surface area is 222 Å². The molecule has 3 heterocycles. The summed E-state index contributed by atoms with van der Waals surface area (Å²) in [5.74, 6) is -1.20. The number of nitrogens with zero attached hydrogens (tertiary/aromatic N) is 5. The number of anilines is 2. The number of fused-ring (bicyclic) bond motifs is 1. The molecule has 10 nitrogen and oxygen atoms in total. The lowest BCUT2D eigenvalue weighted by Gasteiger charge is -2.22. The van der Waals surface area contributed by atoms with Gasteiger partial charge in [0.25, 0.3) is 0 Å². The number of rotatable bonds is 10. The predicted molar refractivity (Wildman–Crippen MR) is 150 cm³/mol. The molecule has 0 atom stereocenters. The molecule has 198 valence electrons. The minimum atomic E-state index is -1.21. The predicted octanol–water partition coefficient (Wildman–Crippen LogP) is 3.89. The summed E-state index contributed by atoms with van der Waals surface area (Å²) in [4.78, 5) is 36.3. The summed E-state index contributed by atoms with van der Waals surface area (Å²) in [5, 5.41) is 7.79. The average molecular weight is 532 g/mol. The molecule has 38 heavy (non-hydrogen) atoms. The summed E-state index contributed by atoms with van der Waals surface area (Å²) in [6.45, 7) is 8.26. The van der Waals surface area contributed by atoms with Crippen molar-refractivity contribution in [3.05, 3.63) is 78.4 Å².